The van der Waals surface area contributed by atoms with Crippen molar-refractivity contribution in [3.63, 3.8) is 0 Å². The van der Waals surface area contributed by atoms with Crippen molar-refractivity contribution in [3.05, 3.63) is 29.6 Å². The van der Waals surface area contributed by atoms with Gasteiger partial charge in [-0.2, -0.15) is 0 Å². The second-order valence-corrected chi connectivity index (χ2v) is 7.29. The average Bonchev–Trinajstić information content (AvgIpc) is 2.15. The molecule has 1 amide bonds. The molecule has 94 valence electrons. The van der Waals surface area contributed by atoms with Crippen molar-refractivity contribution in [2.75, 3.05) is 0 Å². The number of benzene rings is 1. The van der Waals surface area contributed by atoms with Gasteiger partial charge in [-0.1, -0.05) is 0 Å². The molecule has 0 saturated heterocycles. The summed E-state index contributed by atoms with van der Waals surface area (Å²) in [5.41, 5.74) is 4.89. The molecule has 4 nitrogen and oxygen atoms in total. The number of halogens is 1. The first-order valence-corrected chi connectivity index (χ1v) is 6.39. The van der Waals surface area contributed by atoms with E-state index in [1.807, 2.05) is 0 Å². The lowest BCUT2D eigenvalue weighted by Crippen LogP contribution is -2.30. The van der Waals surface area contributed by atoms with E-state index in [0.717, 1.165) is 18.2 Å². The first-order valence-electron chi connectivity index (χ1n) is 4.91. The van der Waals surface area contributed by atoms with E-state index in [-0.39, 0.29) is 10.5 Å². The summed E-state index contributed by atoms with van der Waals surface area (Å²) in [6.07, 6.45) is 0. The molecule has 0 fully saturated rings. The van der Waals surface area contributed by atoms with Crippen LogP contribution in [-0.2, 0) is 9.84 Å². The Bertz CT molecular complexity index is 559. The third kappa shape index (κ3) is 2.46. The van der Waals surface area contributed by atoms with Crippen LogP contribution < -0.4 is 5.73 Å². The van der Waals surface area contributed by atoms with Crippen LogP contribution in [0.15, 0.2) is 23.1 Å². The Morgan fingerprint density at radius 1 is 1.29 bits per heavy atom. The number of hydrogen-bond acceptors (Lipinski definition) is 3. The summed E-state index contributed by atoms with van der Waals surface area (Å²) in [5.74, 6) is -1.62. The van der Waals surface area contributed by atoms with Crippen molar-refractivity contribution in [3.8, 4) is 0 Å². The number of carbonyl (C=O) groups is 1. The summed E-state index contributed by atoms with van der Waals surface area (Å²) >= 11 is 0. The molecular weight excluding hydrogens is 245 g/mol. The number of hydrogen-bond donors (Lipinski definition) is 1. The van der Waals surface area contributed by atoms with Gasteiger partial charge in [0.25, 0.3) is 0 Å². The van der Waals surface area contributed by atoms with E-state index >= 15 is 0 Å². The maximum atomic E-state index is 13.1. The number of primary amides is 1. The Hall–Kier alpha value is -1.43. The van der Waals surface area contributed by atoms with Gasteiger partial charge >= 0.3 is 0 Å². The molecule has 0 atom stereocenters. The molecule has 6 heteroatoms. The van der Waals surface area contributed by atoms with Crippen LogP contribution in [0.25, 0.3) is 0 Å². The van der Waals surface area contributed by atoms with E-state index in [1.54, 1.807) is 0 Å². The van der Waals surface area contributed by atoms with Gasteiger partial charge in [0.05, 0.1) is 15.2 Å². The molecule has 0 spiro atoms. The molecule has 1 aromatic rings. The summed E-state index contributed by atoms with van der Waals surface area (Å²) in [5, 5.41) is 0. The summed E-state index contributed by atoms with van der Waals surface area (Å²) < 4.78 is 36.3. The van der Waals surface area contributed by atoms with Crippen LogP contribution in [-0.4, -0.2) is 19.1 Å². The number of amides is 1. The van der Waals surface area contributed by atoms with E-state index in [1.165, 1.54) is 20.8 Å². The smallest absolute Gasteiger partial charge is 0.250 e. The van der Waals surface area contributed by atoms with Crippen molar-refractivity contribution < 1.29 is 17.6 Å². The zero-order valence-electron chi connectivity index (χ0n) is 9.82. The Labute approximate surface area is 99.5 Å². The van der Waals surface area contributed by atoms with Crippen LogP contribution in [0.2, 0.25) is 0 Å². The molecule has 0 bridgehead atoms. The minimum Gasteiger partial charge on any atom is -0.366 e. The predicted octanol–water partition coefficient (Wildman–Crippen LogP) is 1.50. The molecule has 0 aliphatic heterocycles. The number of nitrogens with two attached hydrogens (primary N) is 1. The second-order valence-electron chi connectivity index (χ2n) is 4.62. The maximum absolute atomic E-state index is 13.1. The molecule has 0 unspecified atom stereocenters. The van der Waals surface area contributed by atoms with Gasteiger partial charge < -0.3 is 5.73 Å². The van der Waals surface area contributed by atoms with Gasteiger partial charge in [0.2, 0.25) is 5.91 Å². The standard InChI is InChI=1S/C11H14FNO3S/c1-11(2,3)17(15,16)9-6-7(12)4-5-8(9)10(13)14/h4-6H,1-3H3,(H2,13,14). The highest BCUT2D eigenvalue weighted by Gasteiger charge is 2.34. The average molecular weight is 259 g/mol. The molecule has 0 saturated carbocycles. The predicted molar refractivity (Wildman–Crippen MR) is 61.9 cm³/mol. The van der Waals surface area contributed by atoms with Crippen LogP contribution >= 0.6 is 0 Å². The molecule has 17 heavy (non-hydrogen) atoms. The summed E-state index contributed by atoms with van der Waals surface area (Å²) in [7, 11) is -3.82. The monoisotopic (exact) mass is 259 g/mol. The Morgan fingerprint density at radius 3 is 2.24 bits per heavy atom. The molecule has 0 aliphatic rings. The summed E-state index contributed by atoms with van der Waals surface area (Å²) in [4.78, 5) is 10.8. The van der Waals surface area contributed by atoms with Crippen LogP contribution in [0.4, 0.5) is 4.39 Å². The van der Waals surface area contributed by atoms with Gasteiger partial charge in [0, 0.05) is 0 Å². The largest absolute Gasteiger partial charge is 0.366 e. The molecule has 1 aromatic carbocycles. The van der Waals surface area contributed by atoms with Crippen molar-refractivity contribution in [1.29, 1.82) is 0 Å². The number of rotatable bonds is 2. The quantitative estimate of drug-likeness (QED) is 0.874. The Balaban J connectivity index is 3.61. The Kier molecular flexibility index (Phi) is 3.29. The molecule has 0 aliphatic carbocycles. The highest BCUT2D eigenvalue weighted by Crippen LogP contribution is 2.28. The van der Waals surface area contributed by atoms with Gasteiger partial charge in [0.15, 0.2) is 9.84 Å². The fourth-order valence-electron chi connectivity index (χ4n) is 1.25. The lowest BCUT2D eigenvalue weighted by Gasteiger charge is -2.20. The topological polar surface area (TPSA) is 77.2 Å². The zero-order valence-corrected chi connectivity index (χ0v) is 10.6. The molecule has 1 rings (SSSR count). The van der Waals surface area contributed by atoms with Crippen LogP contribution in [0.3, 0.4) is 0 Å². The summed E-state index contributed by atoms with van der Waals surface area (Å²) in [6, 6.07) is 2.90. The normalized spacial score (nSPS) is 12.5. The van der Waals surface area contributed by atoms with Gasteiger partial charge in [-0.3, -0.25) is 4.79 Å². The second kappa shape index (κ2) is 4.10. The van der Waals surface area contributed by atoms with Gasteiger partial charge in [-0.05, 0) is 39.0 Å². The molecular formula is C11H14FNO3S. The van der Waals surface area contributed by atoms with E-state index in [2.05, 4.69) is 0 Å². The highest BCUT2D eigenvalue weighted by molar-refractivity contribution is 7.92. The maximum Gasteiger partial charge on any atom is 0.250 e. The third-order valence-electron chi connectivity index (χ3n) is 2.30. The number of carbonyl (C=O) groups excluding carboxylic acids is 1. The lowest BCUT2D eigenvalue weighted by molar-refractivity contribution is 0.0997. The molecule has 0 radical (unpaired) electrons. The summed E-state index contributed by atoms with van der Waals surface area (Å²) in [6.45, 7) is 4.41. The van der Waals surface area contributed by atoms with Crippen LogP contribution in [0, 0.1) is 5.82 Å². The first-order chi connectivity index (χ1) is 7.57. The van der Waals surface area contributed by atoms with Crippen LogP contribution in [0.1, 0.15) is 31.1 Å². The van der Waals surface area contributed by atoms with E-state index in [9.17, 15) is 17.6 Å². The SMILES string of the molecule is CC(C)(C)S(=O)(=O)c1cc(F)ccc1C(N)=O. The molecule has 0 aromatic heterocycles. The van der Waals surface area contributed by atoms with Crippen molar-refractivity contribution in [2.45, 2.75) is 30.4 Å². The van der Waals surface area contributed by atoms with Crippen molar-refractivity contribution >= 4 is 15.7 Å². The minimum absolute atomic E-state index is 0.193. The Morgan fingerprint density at radius 2 is 1.82 bits per heavy atom. The lowest BCUT2D eigenvalue weighted by atomic mass is 10.2. The minimum atomic E-state index is -3.82. The van der Waals surface area contributed by atoms with Gasteiger partial charge in [-0.15, -0.1) is 0 Å². The molecule has 2 N–H and O–H groups in total. The van der Waals surface area contributed by atoms with Gasteiger partial charge in [0.1, 0.15) is 5.82 Å². The van der Waals surface area contributed by atoms with Crippen molar-refractivity contribution in [1.82, 2.24) is 0 Å². The van der Waals surface area contributed by atoms with E-state index < -0.39 is 26.3 Å². The van der Waals surface area contributed by atoms with E-state index in [4.69, 9.17) is 5.73 Å². The van der Waals surface area contributed by atoms with E-state index in [0.29, 0.717) is 0 Å². The fraction of sp³-hybridized carbons (Fsp3) is 0.364. The fourth-order valence-corrected chi connectivity index (χ4v) is 2.64. The number of sulfone groups is 1. The van der Waals surface area contributed by atoms with Crippen molar-refractivity contribution in [2.24, 2.45) is 5.73 Å². The highest BCUT2D eigenvalue weighted by atomic mass is 32.2. The third-order valence-corrected chi connectivity index (χ3v) is 4.83. The molecule has 0 heterocycles. The zero-order chi connectivity index (χ0) is 13.4. The van der Waals surface area contributed by atoms with Gasteiger partial charge in [-0.25, -0.2) is 12.8 Å². The first kappa shape index (κ1) is 13.6. The van der Waals surface area contributed by atoms with Crippen LogP contribution in [0.5, 0.6) is 0 Å².